The van der Waals surface area contributed by atoms with Crippen molar-refractivity contribution in [2.45, 2.75) is 13.0 Å². The number of aromatic hydroxyl groups is 1. The maximum Gasteiger partial charge on any atom is 0.166 e. The minimum absolute atomic E-state index is 0.0540. The van der Waals surface area contributed by atoms with Crippen molar-refractivity contribution in [3.63, 3.8) is 0 Å². The smallest absolute Gasteiger partial charge is 0.166 e. The minimum atomic E-state index is -0.740. The fraction of sp³-hybridized carbons (Fsp3) is 0.143. The zero-order chi connectivity index (χ0) is 14.9. The van der Waals surface area contributed by atoms with Crippen LogP contribution in [0.15, 0.2) is 30.3 Å². The van der Waals surface area contributed by atoms with Crippen molar-refractivity contribution >= 4 is 28.9 Å². The number of hydrogen-bond donors (Lipinski definition) is 2. The van der Waals surface area contributed by atoms with Gasteiger partial charge in [0.1, 0.15) is 5.82 Å². The van der Waals surface area contributed by atoms with Crippen LogP contribution < -0.4 is 5.32 Å². The van der Waals surface area contributed by atoms with E-state index in [-0.39, 0.29) is 11.1 Å². The summed E-state index contributed by atoms with van der Waals surface area (Å²) in [4.78, 5) is 0. The van der Waals surface area contributed by atoms with E-state index in [1.807, 2.05) is 0 Å². The van der Waals surface area contributed by atoms with Gasteiger partial charge in [-0.25, -0.2) is 8.78 Å². The first-order valence-corrected chi connectivity index (χ1v) is 6.53. The van der Waals surface area contributed by atoms with Gasteiger partial charge in [-0.3, -0.25) is 0 Å². The van der Waals surface area contributed by atoms with Gasteiger partial charge in [-0.2, -0.15) is 0 Å². The van der Waals surface area contributed by atoms with Gasteiger partial charge in [0.15, 0.2) is 11.6 Å². The van der Waals surface area contributed by atoms with Crippen LogP contribution in [-0.2, 0) is 0 Å². The van der Waals surface area contributed by atoms with Gasteiger partial charge in [0.25, 0.3) is 0 Å². The number of benzene rings is 2. The van der Waals surface area contributed by atoms with E-state index >= 15 is 0 Å². The van der Waals surface area contributed by atoms with Crippen LogP contribution in [0.4, 0.5) is 14.5 Å². The lowest BCUT2D eigenvalue weighted by Gasteiger charge is -2.17. The maximum atomic E-state index is 13.5. The fourth-order valence-corrected chi connectivity index (χ4v) is 2.34. The molecule has 0 aromatic heterocycles. The lowest BCUT2D eigenvalue weighted by Crippen LogP contribution is -2.08. The van der Waals surface area contributed by atoms with E-state index in [0.29, 0.717) is 16.3 Å². The summed E-state index contributed by atoms with van der Waals surface area (Å²) in [6, 6.07) is 6.08. The summed E-state index contributed by atoms with van der Waals surface area (Å²) in [6.45, 7) is 1.75. The Morgan fingerprint density at radius 3 is 2.40 bits per heavy atom. The van der Waals surface area contributed by atoms with Crippen molar-refractivity contribution in [2.24, 2.45) is 0 Å². The molecule has 1 unspecified atom stereocenters. The van der Waals surface area contributed by atoms with Crippen molar-refractivity contribution in [1.82, 2.24) is 0 Å². The van der Waals surface area contributed by atoms with Gasteiger partial charge in [0.2, 0.25) is 0 Å². The second-order valence-electron chi connectivity index (χ2n) is 4.32. The summed E-state index contributed by atoms with van der Waals surface area (Å²) in [5.41, 5.74) is 0.946. The molecule has 106 valence electrons. The summed E-state index contributed by atoms with van der Waals surface area (Å²) < 4.78 is 26.7. The quantitative estimate of drug-likeness (QED) is 0.606. The molecule has 2 N–H and O–H groups in total. The number of phenolic OH excluding ortho intramolecular Hbond substituents is 1. The van der Waals surface area contributed by atoms with Gasteiger partial charge in [0.05, 0.1) is 11.1 Å². The van der Waals surface area contributed by atoms with E-state index in [2.05, 4.69) is 5.32 Å². The Hall–Kier alpha value is -1.52. The van der Waals surface area contributed by atoms with Crippen LogP contribution >= 0.6 is 23.2 Å². The molecule has 0 saturated heterocycles. The van der Waals surface area contributed by atoms with Gasteiger partial charge >= 0.3 is 0 Å². The number of rotatable bonds is 3. The first-order valence-electron chi connectivity index (χ1n) is 5.78. The first-order chi connectivity index (χ1) is 9.38. The molecule has 20 heavy (non-hydrogen) atoms. The van der Waals surface area contributed by atoms with Crippen molar-refractivity contribution in [2.75, 3.05) is 5.32 Å². The molecule has 1 atom stereocenters. The Morgan fingerprint density at radius 2 is 1.75 bits per heavy atom. The number of hydrogen-bond acceptors (Lipinski definition) is 2. The maximum absolute atomic E-state index is 13.5. The van der Waals surface area contributed by atoms with Crippen LogP contribution in [0.5, 0.6) is 5.75 Å². The third kappa shape index (κ3) is 3.14. The highest BCUT2D eigenvalue weighted by atomic mass is 35.5. The average Bonchev–Trinajstić information content (AvgIpc) is 2.38. The third-order valence-electron chi connectivity index (χ3n) is 2.84. The van der Waals surface area contributed by atoms with Crippen molar-refractivity contribution < 1.29 is 13.9 Å². The minimum Gasteiger partial charge on any atom is -0.505 e. The van der Waals surface area contributed by atoms with Crippen LogP contribution in [0.25, 0.3) is 0 Å². The monoisotopic (exact) mass is 317 g/mol. The van der Waals surface area contributed by atoms with Crippen LogP contribution in [0, 0.1) is 11.6 Å². The summed E-state index contributed by atoms with van der Waals surface area (Å²) >= 11 is 11.6. The standard InChI is InChI=1S/C14H11Cl2F2NO/c1-7(9-5-12(17)11(16)6-10(9)15)19-8-2-3-14(20)13(18)4-8/h2-7,19-20H,1H3. The van der Waals surface area contributed by atoms with Crippen LogP contribution in [0.2, 0.25) is 10.0 Å². The molecule has 0 aliphatic carbocycles. The van der Waals surface area contributed by atoms with Crippen LogP contribution in [0.1, 0.15) is 18.5 Å². The predicted octanol–water partition coefficient (Wildman–Crippen LogP) is 5.15. The molecule has 0 saturated carbocycles. The fourth-order valence-electron chi connectivity index (χ4n) is 1.79. The highest BCUT2D eigenvalue weighted by Gasteiger charge is 2.14. The van der Waals surface area contributed by atoms with Gasteiger partial charge in [0, 0.05) is 16.8 Å². The lowest BCUT2D eigenvalue weighted by atomic mass is 10.1. The molecule has 0 fully saturated rings. The van der Waals surface area contributed by atoms with Gasteiger partial charge in [-0.1, -0.05) is 23.2 Å². The van der Waals surface area contributed by atoms with Crippen molar-refractivity contribution in [1.29, 1.82) is 0 Å². The van der Waals surface area contributed by atoms with E-state index in [9.17, 15) is 8.78 Å². The molecule has 2 rings (SSSR count). The molecular formula is C14H11Cl2F2NO. The molecule has 2 nitrogen and oxygen atoms in total. The van der Waals surface area contributed by atoms with E-state index in [1.165, 1.54) is 24.3 Å². The van der Waals surface area contributed by atoms with Gasteiger partial charge in [-0.05, 0) is 36.8 Å². The lowest BCUT2D eigenvalue weighted by molar-refractivity contribution is 0.432. The molecule has 0 radical (unpaired) electrons. The first kappa shape index (κ1) is 14.9. The molecule has 2 aromatic rings. The normalized spacial score (nSPS) is 12.2. The number of halogens is 4. The molecule has 6 heteroatoms. The Balaban J connectivity index is 2.25. The Bertz CT molecular complexity index is 649. The third-order valence-corrected chi connectivity index (χ3v) is 3.45. The zero-order valence-corrected chi connectivity index (χ0v) is 11.9. The number of phenols is 1. The molecule has 0 aliphatic heterocycles. The van der Waals surface area contributed by atoms with Crippen molar-refractivity contribution in [3.05, 3.63) is 57.6 Å². The number of anilines is 1. The van der Waals surface area contributed by atoms with E-state index < -0.39 is 17.4 Å². The molecule has 0 spiro atoms. The second-order valence-corrected chi connectivity index (χ2v) is 5.13. The molecule has 0 heterocycles. The van der Waals surface area contributed by atoms with Crippen LogP contribution in [-0.4, -0.2) is 5.11 Å². The largest absolute Gasteiger partial charge is 0.505 e. The number of nitrogens with one attached hydrogen (secondary N) is 1. The summed E-state index contributed by atoms with van der Waals surface area (Å²) in [6.07, 6.45) is 0. The molecule has 0 amide bonds. The van der Waals surface area contributed by atoms with Crippen LogP contribution in [0.3, 0.4) is 0 Å². The Morgan fingerprint density at radius 1 is 1.05 bits per heavy atom. The van der Waals surface area contributed by atoms with E-state index in [1.54, 1.807) is 6.92 Å². The highest BCUT2D eigenvalue weighted by molar-refractivity contribution is 6.35. The topological polar surface area (TPSA) is 32.3 Å². The summed E-state index contributed by atoms with van der Waals surface area (Å²) in [7, 11) is 0. The van der Waals surface area contributed by atoms with Gasteiger partial charge in [-0.15, -0.1) is 0 Å². The SMILES string of the molecule is CC(Nc1ccc(O)c(F)c1)c1cc(F)c(Cl)cc1Cl. The molecule has 2 aromatic carbocycles. The molecule has 0 bridgehead atoms. The summed E-state index contributed by atoms with van der Waals surface area (Å²) in [5.74, 6) is -1.74. The average molecular weight is 318 g/mol. The Labute approximate surface area is 125 Å². The van der Waals surface area contributed by atoms with E-state index in [0.717, 1.165) is 6.07 Å². The van der Waals surface area contributed by atoms with E-state index in [4.69, 9.17) is 28.3 Å². The second kappa shape index (κ2) is 5.85. The van der Waals surface area contributed by atoms with Crippen molar-refractivity contribution in [3.8, 4) is 5.75 Å². The van der Waals surface area contributed by atoms with Gasteiger partial charge < -0.3 is 10.4 Å². The molecule has 0 aliphatic rings. The Kier molecular flexibility index (Phi) is 4.35. The predicted molar refractivity (Wildman–Crippen MR) is 76.5 cm³/mol. The highest BCUT2D eigenvalue weighted by Crippen LogP contribution is 2.31. The molecular weight excluding hydrogens is 307 g/mol. The summed E-state index contributed by atoms with van der Waals surface area (Å²) in [5, 5.41) is 12.3. The zero-order valence-electron chi connectivity index (χ0n) is 10.4.